The number of esters is 6. The summed E-state index contributed by atoms with van der Waals surface area (Å²) in [5.74, 6) is -6.84. The van der Waals surface area contributed by atoms with Crippen LogP contribution in [-0.4, -0.2) is 125 Å². The minimum Gasteiger partial charge on any atom is -0.459 e. The molecule has 2 N–H and O–H groups in total. The van der Waals surface area contributed by atoms with E-state index in [-0.39, 0.29) is 33.4 Å². The van der Waals surface area contributed by atoms with Gasteiger partial charge in [0.2, 0.25) is 18.3 Å². The zero-order chi connectivity index (χ0) is 54.5. The predicted molar refractivity (Wildman–Crippen MR) is 273 cm³/mol. The SMILES string of the molecule is N=C(O[C@@H]1O[C@H](CO[C@@H]2O[C@H](COC(=O)c3ccccc3)[C@@H](OC(=O)c3ccccc3)[C@H](OC(=O)c3ccccc3)[C@H]2OC(=O)c2ccccc2)[C@@H](O)[C@H](OC(=O)c2ccccc2)[C@H]1OC(=O)c1ccccc1)C(Cl)(Cl)Cl. The molecular weight excluding hydrogens is 1060 g/mol. The van der Waals surface area contributed by atoms with Crippen LogP contribution in [0.3, 0.4) is 0 Å². The molecule has 0 amide bonds. The summed E-state index contributed by atoms with van der Waals surface area (Å²) in [6.07, 6.45) is -18.6. The molecule has 0 saturated carbocycles. The average Bonchev–Trinajstić information content (AvgIpc) is 3.46. The Morgan fingerprint density at radius 2 is 0.714 bits per heavy atom. The van der Waals surface area contributed by atoms with Crippen LogP contribution in [0, 0.1) is 5.41 Å². The summed E-state index contributed by atoms with van der Waals surface area (Å²) >= 11 is 18.1. The van der Waals surface area contributed by atoms with Crippen LogP contribution in [0.1, 0.15) is 62.1 Å². The molecule has 398 valence electrons. The van der Waals surface area contributed by atoms with E-state index in [4.69, 9.17) is 87.6 Å². The second-order valence-electron chi connectivity index (χ2n) is 17.0. The minimum absolute atomic E-state index is 0.00919. The smallest absolute Gasteiger partial charge is 0.338 e. The topological polar surface area (TPSA) is 239 Å². The molecular formula is C56H46Cl3NO17. The van der Waals surface area contributed by atoms with Gasteiger partial charge in [-0.2, -0.15) is 0 Å². The third-order valence-corrected chi connectivity index (χ3v) is 12.3. The van der Waals surface area contributed by atoms with E-state index in [0.717, 1.165) is 0 Å². The molecule has 21 heteroatoms. The molecule has 2 aliphatic rings. The van der Waals surface area contributed by atoms with Crippen molar-refractivity contribution in [2.75, 3.05) is 13.2 Å². The second kappa shape index (κ2) is 25.9. The van der Waals surface area contributed by atoms with Gasteiger partial charge >= 0.3 is 35.8 Å². The summed E-state index contributed by atoms with van der Waals surface area (Å²) in [7, 11) is 0. The summed E-state index contributed by atoms with van der Waals surface area (Å²) in [6, 6.07) is 46.1. The Bertz CT molecular complexity index is 2980. The highest BCUT2D eigenvalue weighted by molar-refractivity contribution is 6.76. The van der Waals surface area contributed by atoms with E-state index in [2.05, 4.69) is 0 Å². The molecule has 0 unspecified atom stereocenters. The highest BCUT2D eigenvalue weighted by Gasteiger charge is 2.56. The van der Waals surface area contributed by atoms with Crippen molar-refractivity contribution in [3.8, 4) is 0 Å². The van der Waals surface area contributed by atoms with E-state index < -0.39 is 120 Å². The number of aliphatic hydroxyl groups excluding tert-OH is 1. The maximum absolute atomic E-state index is 14.2. The van der Waals surface area contributed by atoms with Gasteiger partial charge in [-0.15, -0.1) is 0 Å². The second-order valence-corrected chi connectivity index (χ2v) is 19.3. The summed E-state index contributed by atoms with van der Waals surface area (Å²) in [6.45, 7) is -1.56. The lowest BCUT2D eigenvalue weighted by Gasteiger charge is -2.46. The summed E-state index contributed by atoms with van der Waals surface area (Å²) in [5, 5.41) is 20.7. The number of halogens is 3. The van der Waals surface area contributed by atoms with E-state index in [1.807, 2.05) is 0 Å². The summed E-state index contributed by atoms with van der Waals surface area (Å²) in [4.78, 5) is 83.4. The Balaban J connectivity index is 1.19. The fraction of sp³-hybridized carbons (Fsp3) is 0.232. The Hall–Kier alpha value is -7.68. The monoisotopic (exact) mass is 1110 g/mol. The minimum atomic E-state index is -2.53. The standard InChI is InChI=1S/C56H46Cl3NO17/c57-56(58,59)55(60)77-54-45(75-51(66)37-27-15-5-16-28-37)43(73-49(64)35-23-11-3-12-24-35)41(61)39(70-54)31-69-53-46(76-52(67)38-29-17-6-18-30-38)44(74-50(65)36-25-13-4-14-26-36)42(72-48(63)34-21-9-2-10-22-34)40(71-53)32-68-47(62)33-19-7-1-8-20-33/h1-30,39-46,53-54,60-61H,31-32H2/t39-,40-,41-,42-,43+,44+,45-,46-,53-,54+/m1/s1. The first kappa shape index (κ1) is 55.5. The fourth-order valence-corrected chi connectivity index (χ4v) is 8.08. The van der Waals surface area contributed by atoms with Crippen molar-refractivity contribution in [3.05, 3.63) is 215 Å². The molecule has 10 atom stereocenters. The first-order chi connectivity index (χ1) is 37.1. The molecule has 2 heterocycles. The van der Waals surface area contributed by atoms with Gasteiger partial charge < -0.3 is 52.5 Å². The summed E-state index contributed by atoms with van der Waals surface area (Å²) < 4.78 is 57.9. The average molecular weight is 1110 g/mol. The van der Waals surface area contributed by atoms with Gasteiger partial charge in [0, 0.05) is 0 Å². The Kier molecular flexibility index (Phi) is 18.7. The van der Waals surface area contributed by atoms with Gasteiger partial charge in [0.1, 0.15) is 24.9 Å². The zero-order valence-electron chi connectivity index (χ0n) is 40.1. The normalized spacial score (nSPS) is 23.0. The first-order valence-corrected chi connectivity index (χ1v) is 24.7. The number of carbonyl (C=O) groups is 6. The van der Waals surface area contributed by atoms with Crippen LogP contribution in [0.5, 0.6) is 0 Å². The quantitative estimate of drug-likeness (QED) is 0.0288. The first-order valence-electron chi connectivity index (χ1n) is 23.6. The van der Waals surface area contributed by atoms with Crippen molar-refractivity contribution >= 4 is 76.5 Å². The molecule has 6 aromatic rings. The van der Waals surface area contributed by atoms with Crippen molar-refractivity contribution in [3.63, 3.8) is 0 Å². The van der Waals surface area contributed by atoms with Crippen molar-refractivity contribution in [2.24, 2.45) is 0 Å². The van der Waals surface area contributed by atoms with Crippen molar-refractivity contribution < 1.29 is 81.2 Å². The van der Waals surface area contributed by atoms with Gasteiger partial charge in [0.05, 0.1) is 40.0 Å². The third-order valence-electron chi connectivity index (χ3n) is 11.8. The highest BCUT2D eigenvalue weighted by atomic mass is 35.6. The molecule has 0 aromatic heterocycles. The van der Waals surface area contributed by atoms with Crippen molar-refractivity contribution in [1.29, 1.82) is 5.41 Å². The van der Waals surface area contributed by atoms with Gasteiger partial charge in [-0.05, 0) is 72.8 Å². The molecule has 0 radical (unpaired) electrons. The van der Waals surface area contributed by atoms with Crippen molar-refractivity contribution in [2.45, 2.75) is 65.2 Å². The molecule has 77 heavy (non-hydrogen) atoms. The number of hydrogen-bond acceptors (Lipinski definition) is 18. The van der Waals surface area contributed by atoms with E-state index in [1.54, 1.807) is 109 Å². The van der Waals surface area contributed by atoms with E-state index in [0.29, 0.717) is 0 Å². The van der Waals surface area contributed by atoms with Crippen LogP contribution in [0.25, 0.3) is 0 Å². The molecule has 18 nitrogen and oxygen atoms in total. The Morgan fingerprint density at radius 3 is 1.09 bits per heavy atom. The van der Waals surface area contributed by atoms with E-state index in [1.165, 1.54) is 72.8 Å². The van der Waals surface area contributed by atoms with E-state index >= 15 is 0 Å². The number of nitrogens with one attached hydrogen (secondary N) is 1. The number of aliphatic hydroxyl groups is 1. The molecule has 2 aliphatic heterocycles. The van der Waals surface area contributed by atoms with Gasteiger partial charge in [0.25, 0.3) is 3.79 Å². The molecule has 0 spiro atoms. The largest absolute Gasteiger partial charge is 0.459 e. The van der Waals surface area contributed by atoms with Gasteiger partial charge in [-0.1, -0.05) is 144 Å². The number of ether oxygens (including phenoxy) is 10. The summed E-state index contributed by atoms with van der Waals surface area (Å²) in [5.41, 5.74) is 0.242. The molecule has 8 rings (SSSR count). The Morgan fingerprint density at radius 1 is 0.403 bits per heavy atom. The van der Waals surface area contributed by atoms with Crippen LogP contribution in [0.2, 0.25) is 0 Å². The van der Waals surface area contributed by atoms with Crippen LogP contribution >= 0.6 is 34.8 Å². The molecule has 0 bridgehead atoms. The number of benzene rings is 6. The highest BCUT2D eigenvalue weighted by Crippen LogP contribution is 2.36. The lowest BCUT2D eigenvalue weighted by molar-refractivity contribution is -0.321. The van der Waals surface area contributed by atoms with Gasteiger partial charge in [-0.25, -0.2) is 28.8 Å². The molecule has 6 aromatic carbocycles. The molecule has 2 fully saturated rings. The van der Waals surface area contributed by atoms with E-state index in [9.17, 15) is 33.9 Å². The lowest BCUT2D eigenvalue weighted by atomic mass is 9.97. The fourth-order valence-electron chi connectivity index (χ4n) is 7.95. The molecule has 2 saturated heterocycles. The van der Waals surface area contributed by atoms with Crippen LogP contribution in [0.15, 0.2) is 182 Å². The van der Waals surface area contributed by atoms with Crippen LogP contribution in [-0.2, 0) is 47.4 Å². The maximum atomic E-state index is 14.2. The maximum Gasteiger partial charge on any atom is 0.338 e. The van der Waals surface area contributed by atoms with Gasteiger partial charge in [-0.3, -0.25) is 5.41 Å². The number of rotatable bonds is 17. The predicted octanol–water partition coefficient (Wildman–Crippen LogP) is 8.16. The number of carbonyl (C=O) groups excluding carboxylic acids is 6. The Labute approximate surface area is 454 Å². The molecule has 0 aliphatic carbocycles. The van der Waals surface area contributed by atoms with Crippen LogP contribution in [0.4, 0.5) is 0 Å². The lowest BCUT2D eigenvalue weighted by Crippen LogP contribution is -2.65. The zero-order valence-corrected chi connectivity index (χ0v) is 42.4. The third kappa shape index (κ3) is 14.4. The number of hydrogen-bond donors (Lipinski definition) is 2. The van der Waals surface area contributed by atoms with Crippen molar-refractivity contribution in [1.82, 2.24) is 0 Å². The van der Waals surface area contributed by atoms with Crippen LogP contribution < -0.4 is 0 Å². The number of alkyl halides is 3. The van der Waals surface area contributed by atoms with Gasteiger partial charge in [0.15, 0.2) is 30.7 Å².